The Morgan fingerprint density at radius 2 is 1.84 bits per heavy atom. The van der Waals surface area contributed by atoms with Crippen LogP contribution in [0.25, 0.3) is 0 Å². The number of aryl methyl sites for hydroxylation is 1. The summed E-state index contributed by atoms with van der Waals surface area (Å²) >= 11 is 6.02. The Hall–Kier alpha value is -2.20. The molecule has 0 saturated heterocycles. The summed E-state index contributed by atoms with van der Waals surface area (Å²) in [7, 11) is 0. The maximum absolute atomic E-state index is 12.3. The molecule has 2 aromatic carbocycles. The predicted octanol–water partition coefficient (Wildman–Crippen LogP) is 4.31. The van der Waals surface area contributed by atoms with E-state index in [0.29, 0.717) is 30.3 Å². The summed E-state index contributed by atoms with van der Waals surface area (Å²) in [4.78, 5) is 12.3. The quantitative estimate of drug-likeness (QED) is 0.713. The first-order valence-corrected chi connectivity index (χ1v) is 8.78. The Kier molecular flexibility index (Phi) is 7.14. The highest BCUT2D eigenvalue weighted by Gasteiger charge is 2.19. The minimum atomic E-state index is -0.527. The fraction of sp³-hybridized carbons (Fsp3) is 0.350. The maximum atomic E-state index is 12.3. The first kappa shape index (κ1) is 19.1. The van der Waals surface area contributed by atoms with Gasteiger partial charge in [0.15, 0.2) is 6.10 Å². The second-order valence-corrected chi connectivity index (χ2v) is 6.19. The highest BCUT2D eigenvalue weighted by Crippen LogP contribution is 2.23. The molecule has 4 nitrogen and oxygen atoms in total. The number of benzene rings is 2. The van der Waals surface area contributed by atoms with Gasteiger partial charge in [-0.15, -0.1) is 0 Å². The normalized spacial score (nSPS) is 11.7. The average Bonchev–Trinajstić information content (AvgIpc) is 2.61. The van der Waals surface area contributed by atoms with Crippen LogP contribution in [-0.2, 0) is 4.79 Å². The average molecular weight is 362 g/mol. The molecule has 0 heterocycles. The smallest absolute Gasteiger partial charge is 0.261 e. The van der Waals surface area contributed by atoms with E-state index in [0.717, 1.165) is 16.9 Å². The van der Waals surface area contributed by atoms with Crippen molar-refractivity contribution in [2.45, 2.75) is 33.3 Å². The van der Waals surface area contributed by atoms with Crippen LogP contribution in [0.3, 0.4) is 0 Å². The van der Waals surface area contributed by atoms with Crippen LogP contribution in [0.15, 0.2) is 42.5 Å². The van der Waals surface area contributed by atoms with Crippen molar-refractivity contribution in [3.8, 4) is 11.5 Å². The van der Waals surface area contributed by atoms with Crippen LogP contribution < -0.4 is 14.8 Å². The zero-order chi connectivity index (χ0) is 18.2. The van der Waals surface area contributed by atoms with E-state index in [4.69, 9.17) is 21.1 Å². The molecule has 0 radical (unpaired) electrons. The largest absolute Gasteiger partial charge is 0.490 e. The van der Waals surface area contributed by atoms with Crippen molar-refractivity contribution in [2.24, 2.45) is 0 Å². The number of amides is 1. The molecule has 1 N–H and O–H groups in total. The first-order chi connectivity index (χ1) is 12.0. The van der Waals surface area contributed by atoms with E-state index >= 15 is 0 Å². The Balaban J connectivity index is 1.83. The van der Waals surface area contributed by atoms with Gasteiger partial charge in [0.25, 0.3) is 5.91 Å². The fourth-order valence-electron chi connectivity index (χ4n) is 2.34. The molecular formula is C20H24ClNO3. The van der Waals surface area contributed by atoms with Gasteiger partial charge < -0.3 is 14.8 Å². The van der Waals surface area contributed by atoms with Gasteiger partial charge in [0.05, 0.1) is 11.6 Å². The van der Waals surface area contributed by atoms with Gasteiger partial charge in [-0.05, 0) is 49.6 Å². The first-order valence-electron chi connectivity index (χ1n) is 8.40. The number of halogens is 1. The zero-order valence-corrected chi connectivity index (χ0v) is 15.6. The van der Waals surface area contributed by atoms with Crippen LogP contribution in [0.2, 0.25) is 5.02 Å². The number of rotatable bonds is 8. The molecule has 1 atom stereocenters. The minimum Gasteiger partial charge on any atom is -0.490 e. The van der Waals surface area contributed by atoms with E-state index in [1.54, 1.807) is 12.1 Å². The molecule has 5 heteroatoms. The number of nitrogens with one attached hydrogen (secondary N) is 1. The molecule has 0 aliphatic heterocycles. The molecule has 1 amide bonds. The molecule has 0 saturated carbocycles. The van der Waals surface area contributed by atoms with E-state index in [2.05, 4.69) is 5.32 Å². The summed E-state index contributed by atoms with van der Waals surface area (Å²) in [6.07, 6.45) is 0.0609. The SMILES string of the molecule is CC[C@@H](Oc1cccc(C)c1C)C(=O)NCCOc1ccccc1Cl. The van der Waals surface area contributed by atoms with Crippen LogP contribution >= 0.6 is 11.6 Å². The lowest BCUT2D eigenvalue weighted by molar-refractivity contribution is -0.128. The van der Waals surface area contributed by atoms with E-state index < -0.39 is 6.10 Å². The van der Waals surface area contributed by atoms with E-state index in [-0.39, 0.29) is 5.91 Å². The van der Waals surface area contributed by atoms with Crippen molar-refractivity contribution < 1.29 is 14.3 Å². The summed E-state index contributed by atoms with van der Waals surface area (Å²) in [6.45, 7) is 6.67. The molecular weight excluding hydrogens is 338 g/mol. The van der Waals surface area contributed by atoms with Crippen molar-refractivity contribution in [2.75, 3.05) is 13.2 Å². The minimum absolute atomic E-state index is 0.147. The third kappa shape index (κ3) is 5.40. The lowest BCUT2D eigenvalue weighted by Gasteiger charge is -2.19. The monoisotopic (exact) mass is 361 g/mol. The van der Waals surface area contributed by atoms with Gasteiger partial charge in [0.1, 0.15) is 18.1 Å². The number of carbonyl (C=O) groups excluding carboxylic acids is 1. The highest BCUT2D eigenvalue weighted by atomic mass is 35.5. The molecule has 0 spiro atoms. The standard InChI is InChI=1S/C20H24ClNO3/c1-4-17(25-18-11-7-8-14(2)15(18)3)20(23)22-12-13-24-19-10-6-5-9-16(19)21/h5-11,17H,4,12-13H2,1-3H3,(H,22,23)/t17-/m1/s1. The number of hydrogen-bond acceptors (Lipinski definition) is 3. The third-order valence-corrected chi connectivity index (χ3v) is 4.30. The topological polar surface area (TPSA) is 47.6 Å². The Labute approximate surface area is 154 Å². The molecule has 0 aliphatic carbocycles. The van der Waals surface area contributed by atoms with Gasteiger partial charge in [-0.3, -0.25) is 4.79 Å². The van der Waals surface area contributed by atoms with Crippen molar-refractivity contribution in [1.82, 2.24) is 5.32 Å². The Morgan fingerprint density at radius 1 is 1.12 bits per heavy atom. The summed E-state index contributed by atoms with van der Waals surface area (Å²) in [5.74, 6) is 1.21. The number of carbonyl (C=O) groups is 1. The predicted molar refractivity (Wildman–Crippen MR) is 101 cm³/mol. The molecule has 2 aromatic rings. The third-order valence-electron chi connectivity index (χ3n) is 3.98. The number of para-hydroxylation sites is 1. The van der Waals surface area contributed by atoms with Crippen LogP contribution in [-0.4, -0.2) is 25.2 Å². The molecule has 0 fully saturated rings. The summed E-state index contributed by atoms with van der Waals surface area (Å²) in [5, 5.41) is 3.40. The van der Waals surface area contributed by atoms with Gasteiger partial charge >= 0.3 is 0 Å². The van der Waals surface area contributed by atoms with Gasteiger partial charge in [0.2, 0.25) is 0 Å². The van der Waals surface area contributed by atoms with E-state index in [1.807, 2.05) is 51.1 Å². The van der Waals surface area contributed by atoms with E-state index in [1.165, 1.54) is 0 Å². The van der Waals surface area contributed by atoms with E-state index in [9.17, 15) is 4.79 Å². The summed E-state index contributed by atoms with van der Waals surface area (Å²) in [6, 6.07) is 13.1. The van der Waals surface area contributed by atoms with Gasteiger partial charge in [0, 0.05) is 0 Å². The van der Waals surface area contributed by atoms with Crippen LogP contribution in [0.5, 0.6) is 11.5 Å². The van der Waals surface area contributed by atoms with Gasteiger partial charge in [-0.1, -0.05) is 42.8 Å². The Bertz CT molecular complexity index is 718. The summed E-state index contributed by atoms with van der Waals surface area (Å²) < 4.78 is 11.5. The lowest BCUT2D eigenvalue weighted by atomic mass is 10.1. The molecule has 2 rings (SSSR count). The second-order valence-electron chi connectivity index (χ2n) is 5.78. The zero-order valence-electron chi connectivity index (χ0n) is 14.8. The summed E-state index contributed by atoms with van der Waals surface area (Å²) in [5.41, 5.74) is 2.19. The molecule has 0 aliphatic rings. The van der Waals surface area contributed by atoms with Gasteiger partial charge in [-0.2, -0.15) is 0 Å². The van der Waals surface area contributed by atoms with Crippen molar-refractivity contribution >= 4 is 17.5 Å². The lowest BCUT2D eigenvalue weighted by Crippen LogP contribution is -2.39. The fourth-order valence-corrected chi connectivity index (χ4v) is 2.53. The molecule has 0 aromatic heterocycles. The van der Waals surface area contributed by atoms with Crippen molar-refractivity contribution in [1.29, 1.82) is 0 Å². The van der Waals surface area contributed by atoms with Crippen molar-refractivity contribution in [3.63, 3.8) is 0 Å². The molecule has 0 bridgehead atoms. The second kappa shape index (κ2) is 9.33. The number of hydrogen-bond donors (Lipinski definition) is 1. The maximum Gasteiger partial charge on any atom is 0.261 e. The molecule has 134 valence electrons. The molecule has 25 heavy (non-hydrogen) atoms. The highest BCUT2D eigenvalue weighted by molar-refractivity contribution is 6.32. The van der Waals surface area contributed by atoms with Crippen LogP contribution in [0, 0.1) is 13.8 Å². The number of ether oxygens (including phenoxy) is 2. The van der Waals surface area contributed by atoms with Crippen molar-refractivity contribution in [3.05, 3.63) is 58.6 Å². The van der Waals surface area contributed by atoms with Crippen LogP contribution in [0.1, 0.15) is 24.5 Å². The van der Waals surface area contributed by atoms with Crippen LogP contribution in [0.4, 0.5) is 0 Å². The van der Waals surface area contributed by atoms with Gasteiger partial charge in [-0.25, -0.2) is 0 Å². The Morgan fingerprint density at radius 3 is 2.56 bits per heavy atom. The molecule has 0 unspecified atom stereocenters.